The third-order valence-corrected chi connectivity index (χ3v) is 3.44. The second-order valence-electron chi connectivity index (χ2n) is 4.54. The molecule has 0 bridgehead atoms. The number of methoxy groups -OCH3 is 1. The molecule has 0 amide bonds. The number of benzene rings is 1. The molecule has 1 atom stereocenters. The topological polar surface area (TPSA) is 49.8 Å². The maximum atomic E-state index is 11.5. The quantitative estimate of drug-likeness (QED) is 0.827. The molecule has 98 valence electrons. The van der Waals surface area contributed by atoms with E-state index >= 15 is 0 Å². The number of rotatable bonds is 4. The Labute approximate surface area is 107 Å². The molecule has 1 heterocycles. The minimum atomic E-state index is -0.310. The normalized spacial score (nSPS) is 19.0. The van der Waals surface area contributed by atoms with Crippen molar-refractivity contribution in [2.75, 3.05) is 25.2 Å². The van der Waals surface area contributed by atoms with Gasteiger partial charge in [0.2, 0.25) is 0 Å². The third kappa shape index (κ3) is 2.64. The van der Waals surface area contributed by atoms with E-state index in [0.717, 1.165) is 31.5 Å². The summed E-state index contributed by atoms with van der Waals surface area (Å²) in [6.45, 7) is 1.19. The molecular weight excluding hydrogens is 230 g/mol. The fraction of sp³-hybridized carbons (Fsp3) is 0.500. The monoisotopic (exact) mass is 249 g/mol. The third-order valence-electron chi connectivity index (χ3n) is 3.44. The van der Waals surface area contributed by atoms with E-state index in [1.54, 1.807) is 6.07 Å². The Morgan fingerprint density at radius 1 is 1.56 bits per heavy atom. The number of esters is 1. The van der Waals surface area contributed by atoms with Gasteiger partial charge >= 0.3 is 5.97 Å². The average molecular weight is 249 g/mol. The summed E-state index contributed by atoms with van der Waals surface area (Å²) in [5.74, 6) is -0.310. The van der Waals surface area contributed by atoms with E-state index in [0.29, 0.717) is 11.6 Å². The lowest BCUT2D eigenvalue weighted by Gasteiger charge is -2.26. The van der Waals surface area contributed by atoms with Crippen LogP contribution in [-0.4, -0.2) is 37.4 Å². The van der Waals surface area contributed by atoms with Crippen LogP contribution in [0.3, 0.4) is 0 Å². The molecule has 1 aliphatic heterocycles. The van der Waals surface area contributed by atoms with Crippen LogP contribution < -0.4 is 4.90 Å². The molecule has 1 aromatic rings. The molecule has 1 fully saturated rings. The molecule has 0 aromatic heterocycles. The lowest BCUT2D eigenvalue weighted by molar-refractivity contribution is 0.0600. The molecule has 2 rings (SSSR count). The number of carbonyl (C=O) groups excluding carboxylic acids is 1. The molecule has 1 aromatic carbocycles. The molecule has 1 N–H and O–H groups in total. The molecule has 0 aliphatic carbocycles. The van der Waals surface area contributed by atoms with Gasteiger partial charge < -0.3 is 14.7 Å². The van der Waals surface area contributed by atoms with E-state index in [4.69, 9.17) is 9.84 Å². The zero-order chi connectivity index (χ0) is 13.0. The summed E-state index contributed by atoms with van der Waals surface area (Å²) in [4.78, 5) is 13.8. The number of anilines is 1. The summed E-state index contributed by atoms with van der Waals surface area (Å²) in [5, 5.41) is 9.07. The van der Waals surface area contributed by atoms with Crippen molar-refractivity contribution in [3.8, 4) is 0 Å². The highest BCUT2D eigenvalue weighted by atomic mass is 16.5. The van der Waals surface area contributed by atoms with Gasteiger partial charge in [-0.3, -0.25) is 0 Å². The van der Waals surface area contributed by atoms with Gasteiger partial charge in [-0.2, -0.15) is 0 Å². The summed E-state index contributed by atoms with van der Waals surface area (Å²) < 4.78 is 4.73. The van der Waals surface area contributed by atoms with Gasteiger partial charge in [0.25, 0.3) is 0 Å². The Hall–Kier alpha value is -1.55. The summed E-state index contributed by atoms with van der Waals surface area (Å²) >= 11 is 0. The number of hydrogen-bond donors (Lipinski definition) is 1. The first-order chi connectivity index (χ1) is 8.76. The number of hydrogen-bond acceptors (Lipinski definition) is 4. The van der Waals surface area contributed by atoms with Crippen molar-refractivity contribution in [2.24, 2.45) is 0 Å². The fourth-order valence-electron chi connectivity index (χ4n) is 2.55. The van der Waals surface area contributed by atoms with Crippen molar-refractivity contribution >= 4 is 11.7 Å². The van der Waals surface area contributed by atoms with E-state index in [9.17, 15) is 4.79 Å². The number of nitrogens with zero attached hydrogens (tertiary/aromatic N) is 1. The van der Waals surface area contributed by atoms with Crippen LogP contribution in [0.15, 0.2) is 24.3 Å². The molecule has 0 spiro atoms. The molecule has 0 saturated carbocycles. The van der Waals surface area contributed by atoms with Gasteiger partial charge in [0.1, 0.15) is 0 Å². The molecule has 1 saturated heterocycles. The van der Waals surface area contributed by atoms with Gasteiger partial charge in [-0.15, -0.1) is 0 Å². The highest BCUT2D eigenvalue weighted by Gasteiger charge is 2.24. The molecule has 1 unspecified atom stereocenters. The van der Waals surface area contributed by atoms with Gasteiger partial charge in [0.05, 0.1) is 12.7 Å². The number of aliphatic hydroxyl groups excluding tert-OH is 1. The average Bonchev–Trinajstić information content (AvgIpc) is 2.87. The fourth-order valence-corrected chi connectivity index (χ4v) is 2.55. The predicted octanol–water partition coefficient (Wildman–Crippen LogP) is 1.82. The Morgan fingerprint density at radius 2 is 2.39 bits per heavy atom. The first kappa shape index (κ1) is 12.9. The van der Waals surface area contributed by atoms with E-state index < -0.39 is 0 Å². The minimum absolute atomic E-state index is 0.206. The van der Waals surface area contributed by atoms with Crippen LogP contribution in [0.4, 0.5) is 5.69 Å². The van der Waals surface area contributed by atoms with Crippen LogP contribution in [-0.2, 0) is 4.74 Å². The van der Waals surface area contributed by atoms with Crippen LogP contribution in [0.2, 0.25) is 0 Å². The van der Waals surface area contributed by atoms with Gasteiger partial charge in [-0.1, -0.05) is 6.07 Å². The molecule has 4 heteroatoms. The number of carbonyl (C=O) groups is 1. The Bertz CT molecular complexity index is 419. The molecule has 1 aliphatic rings. The smallest absolute Gasteiger partial charge is 0.337 e. The largest absolute Gasteiger partial charge is 0.465 e. The maximum Gasteiger partial charge on any atom is 0.337 e. The maximum absolute atomic E-state index is 11.5. The van der Waals surface area contributed by atoms with Crippen LogP contribution >= 0.6 is 0 Å². The van der Waals surface area contributed by atoms with Gasteiger partial charge in [-0.25, -0.2) is 4.79 Å². The van der Waals surface area contributed by atoms with Gasteiger partial charge in [-0.05, 0) is 37.5 Å². The minimum Gasteiger partial charge on any atom is -0.465 e. The van der Waals surface area contributed by atoms with Crippen molar-refractivity contribution < 1.29 is 14.6 Å². The number of ether oxygens (including phenoxy) is 1. The number of aliphatic hydroxyl groups is 1. The summed E-state index contributed by atoms with van der Waals surface area (Å²) in [7, 11) is 1.39. The van der Waals surface area contributed by atoms with Crippen molar-refractivity contribution in [2.45, 2.75) is 25.3 Å². The Kier molecular flexibility index (Phi) is 4.20. The van der Waals surface area contributed by atoms with E-state index in [-0.39, 0.29) is 12.6 Å². The van der Waals surface area contributed by atoms with Crippen LogP contribution in [0, 0.1) is 0 Å². The van der Waals surface area contributed by atoms with E-state index in [1.165, 1.54) is 7.11 Å². The lowest BCUT2D eigenvalue weighted by Crippen LogP contribution is -2.30. The SMILES string of the molecule is COC(=O)c1cccc(N2CCCC2CCO)c1. The van der Waals surface area contributed by atoms with Crippen molar-refractivity contribution in [1.82, 2.24) is 0 Å². The zero-order valence-corrected chi connectivity index (χ0v) is 10.6. The predicted molar refractivity (Wildman–Crippen MR) is 69.9 cm³/mol. The van der Waals surface area contributed by atoms with Crippen LogP contribution in [0.5, 0.6) is 0 Å². The Morgan fingerprint density at radius 3 is 3.11 bits per heavy atom. The molecule has 0 radical (unpaired) electrons. The highest BCUT2D eigenvalue weighted by Crippen LogP contribution is 2.27. The van der Waals surface area contributed by atoms with Crippen molar-refractivity contribution in [1.29, 1.82) is 0 Å². The molecule has 4 nitrogen and oxygen atoms in total. The summed E-state index contributed by atoms with van der Waals surface area (Å²) in [5.41, 5.74) is 1.61. The Balaban J connectivity index is 2.19. The lowest BCUT2D eigenvalue weighted by atomic mass is 10.1. The van der Waals surface area contributed by atoms with Gasteiger partial charge in [0, 0.05) is 24.9 Å². The van der Waals surface area contributed by atoms with E-state index in [1.807, 2.05) is 18.2 Å². The standard InChI is InChI=1S/C14H19NO3/c1-18-14(17)11-4-2-5-13(10-11)15-8-3-6-12(15)7-9-16/h2,4-5,10,12,16H,3,6-9H2,1H3. The second-order valence-corrected chi connectivity index (χ2v) is 4.54. The second kappa shape index (κ2) is 5.87. The van der Waals surface area contributed by atoms with Crippen LogP contribution in [0.1, 0.15) is 29.6 Å². The van der Waals surface area contributed by atoms with Crippen LogP contribution in [0.25, 0.3) is 0 Å². The van der Waals surface area contributed by atoms with Crippen molar-refractivity contribution in [3.63, 3.8) is 0 Å². The molecular formula is C14H19NO3. The summed E-state index contributed by atoms with van der Waals surface area (Å²) in [6.07, 6.45) is 3.01. The first-order valence-corrected chi connectivity index (χ1v) is 6.32. The van der Waals surface area contributed by atoms with Crippen molar-refractivity contribution in [3.05, 3.63) is 29.8 Å². The molecule has 18 heavy (non-hydrogen) atoms. The van der Waals surface area contributed by atoms with Gasteiger partial charge in [0.15, 0.2) is 0 Å². The summed E-state index contributed by atoms with van der Waals surface area (Å²) in [6, 6.07) is 7.87. The van der Waals surface area contributed by atoms with E-state index in [2.05, 4.69) is 4.90 Å². The first-order valence-electron chi connectivity index (χ1n) is 6.32. The highest BCUT2D eigenvalue weighted by molar-refractivity contribution is 5.90. The zero-order valence-electron chi connectivity index (χ0n) is 10.6.